The lowest BCUT2D eigenvalue weighted by atomic mass is 10.2. The predicted octanol–water partition coefficient (Wildman–Crippen LogP) is 3.97. The van der Waals surface area contributed by atoms with Crippen LogP contribution in [-0.4, -0.2) is 19.1 Å². The van der Waals surface area contributed by atoms with Crippen LogP contribution in [0, 0.1) is 0 Å². The van der Waals surface area contributed by atoms with Gasteiger partial charge in [-0.15, -0.1) is 0 Å². The molecule has 0 spiro atoms. The molecule has 0 saturated carbocycles. The summed E-state index contributed by atoms with van der Waals surface area (Å²) in [5, 5.41) is 4.20. The van der Waals surface area contributed by atoms with Crippen LogP contribution in [0.5, 0.6) is 0 Å². The highest BCUT2D eigenvalue weighted by atomic mass is 35.5. The monoisotopic (exact) mass is 275 g/mol. The average molecular weight is 276 g/mol. The van der Waals surface area contributed by atoms with Crippen LogP contribution in [0.3, 0.4) is 0 Å². The minimum atomic E-state index is 0.123. The zero-order valence-corrected chi connectivity index (χ0v) is 12.1. The highest BCUT2D eigenvalue weighted by molar-refractivity contribution is 6.34. The molecule has 0 fully saturated rings. The van der Waals surface area contributed by atoms with Crippen molar-refractivity contribution in [3.05, 3.63) is 53.3 Å². The summed E-state index contributed by atoms with van der Waals surface area (Å²) < 4.78 is 0. The van der Waals surface area contributed by atoms with Gasteiger partial charge in [0.25, 0.3) is 0 Å². The van der Waals surface area contributed by atoms with Crippen molar-refractivity contribution in [3.63, 3.8) is 0 Å². The molecule has 0 saturated heterocycles. The van der Waals surface area contributed by atoms with Gasteiger partial charge in [-0.1, -0.05) is 23.7 Å². The number of para-hydroxylation sites is 1. The van der Waals surface area contributed by atoms with Crippen molar-refractivity contribution >= 4 is 23.0 Å². The van der Waals surface area contributed by atoms with Crippen LogP contribution in [0.15, 0.2) is 42.6 Å². The smallest absolute Gasteiger partial charge is 0.0786 e. The Hall–Kier alpha value is -1.74. The Labute approximate surface area is 119 Å². The number of hydrogen-bond acceptors (Lipinski definition) is 3. The first-order valence-corrected chi connectivity index (χ1v) is 6.60. The van der Waals surface area contributed by atoms with Crippen molar-refractivity contribution in [2.45, 2.75) is 13.0 Å². The SMILES string of the molecule is CC(Nc1cccc(Cl)c1N(C)C)c1ccccn1. The third kappa shape index (κ3) is 3.18. The summed E-state index contributed by atoms with van der Waals surface area (Å²) in [6, 6.07) is 11.9. The van der Waals surface area contributed by atoms with Gasteiger partial charge in [0.05, 0.1) is 28.1 Å². The number of anilines is 2. The molecule has 0 amide bonds. The Morgan fingerprint density at radius 1 is 1.16 bits per heavy atom. The molecule has 0 radical (unpaired) electrons. The Morgan fingerprint density at radius 3 is 2.58 bits per heavy atom. The van der Waals surface area contributed by atoms with Crippen LogP contribution in [0.1, 0.15) is 18.7 Å². The molecule has 1 heterocycles. The molecule has 1 aromatic heterocycles. The van der Waals surface area contributed by atoms with Crippen LogP contribution in [-0.2, 0) is 0 Å². The maximum absolute atomic E-state index is 6.26. The lowest BCUT2D eigenvalue weighted by Gasteiger charge is -2.22. The zero-order valence-electron chi connectivity index (χ0n) is 11.4. The lowest BCUT2D eigenvalue weighted by molar-refractivity contribution is 0.838. The molecule has 1 unspecified atom stereocenters. The molecule has 0 aliphatic rings. The number of halogens is 1. The van der Waals surface area contributed by atoms with Crippen LogP contribution in [0.2, 0.25) is 5.02 Å². The minimum absolute atomic E-state index is 0.123. The van der Waals surface area contributed by atoms with Gasteiger partial charge in [-0.25, -0.2) is 0 Å². The molecule has 0 bridgehead atoms. The van der Waals surface area contributed by atoms with Crippen LogP contribution >= 0.6 is 11.6 Å². The van der Waals surface area contributed by atoms with E-state index in [9.17, 15) is 0 Å². The molecule has 100 valence electrons. The Balaban J connectivity index is 2.27. The van der Waals surface area contributed by atoms with Crippen LogP contribution in [0.25, 0.3) is 0 Å². The van der Waals surface area contributed by atoms with E-state index in [0.717, 1.165) is 22.1 Å². The highest BCUT2D eigenvalue weighted by Gasteiger charge is 2.12. The van der Waals surface area contributed by atoms with Crippen molar-refractivity contribution in [2.24, 2.45) is 0 Å². The molecule has 2 rings (SSSR count). The maximum Gasteiger partial charge on any atom is 0.0786 e. The average Bonchev–Trinajstić information content (AvgIpc) is 2.39. The highest BCUT2D eigenvalue weighted by Crippen LogP contribution is 2.34. The molecule has 1 aromatic carbocycles. The summed E-state index contributed by atoms with van der Waals surface area (Å²) in [6.07, 6.45) is 1.80. The van der Waals surface area contributed by atoms with Gasteiger partial charge in [-0.05, 0) is 31.2 Å². The van der Waals surface area contributed by atoms with Gasteiger partial charge in [0.2, 0.25) is 0 Å². The van der Waals surface area contributed by atoms with Crippen molar-refractivity contribution in [1.82, 2.24) is 4.98 Å². The van der Waals surface area contributed by atoms with E-state index in [1.54, 1.807) is 6.20 Å². The van der Waals surface area contributed by atoms with E-state index in [2.05, 4.69) is 17.2 Å². The number of rotatable bonds is 4. The fourth-order valence-electron chi connectivity index (χ4n) is 2.03. The third-order valence-electron chi connectivity index (χ3n) is 2.94. The molecular formula is C15H18ClN3. The van der Waals surface area contributed by atoms with Gasteiger partial charge < -0.3 is 10.2 Å². The Kier molecular flexibility index (Phi) is 4.27. The number of nitrogens with one attached hydrogen (secondary N) is 1. The summed E-state index contributed by atoms with van der Waals surface area (Å²) in [7, 11) is 3.97. The molecule has 0 aliphatic heterocycles. The maximum atomic E-state index is 6.26. The van der Waals surface area contributed by atoms with Gasteiger partial charge in [0.1, 0.15) is 0 Å². The van der Waals surface area contributed by atoms with Crippen molar-refractivity contribution < 1.29 is 0 Å². The molecule has 19 heavy (non-hydrogen) atoms. The van der Waals surface area contributed by atoms with Gasteiger partial charge in [0, 0.05) is 20.3 Å². The molecule has 3 nitrogen and oxygen atoms in total. The second-order valence-corrected chi connectivity index (χ2v) is 5.06. The number of aromatic nitrogens is 1. The van der Waals surface area contributed by atoms with Gasteiger partial charge in [-0.2, -0.15) is 0 Å². The fourth-order valence-corrected chi connectivity index (χ4v) is 2.37. The number of nitrogens with zero attached hydrogens (tertiary/aromatic N) is 2. The fraction of sp³-hybridized carbons (Fsp3) is 0.267. The summed E-state index contributed by atoms with van der Waals surface area (Å²) in [5.41, 5.74) is 3.01. The van der Waals surface area contributed by atoms with Gasteiger partial charge in [-0.3, -0.25) is 4.98 Å². The van der Waals surface area contributed by atoms with Crippen molar-refractivity contribution in [2.75, 3.05) is 24.3 Å². The van der Waals surface area contributed by atoms with Crippen molar-refractivity contribution in [1.29, 1.82) is 0 Å². The summed E-state index contributed by atoms with van der Waals surface area (Å²) in [5.74, 6) is 0. The summed E-state index contributed by atoms with van der Waals surface area (Å²) in [4.78, 5) is 6.37. The van der Waals surface area contributed by atoms with Gasteiger partial charge >= 0.3 is 0 Å². The quantitative estimate of drug-likeness (QED) is 0.915. The second-order valence-electron chi connectivity index (χ2n) is 4.65. The summed E-state index contributed by atoms with van der Waals surface area (Å²) in [6.45, 7) is 2.09. The first-order chi connectivity index (χ1) is 9.09. The topological polar surface area (TPSA) is 28.2 Å². The lowest BCUT2D eigenvalue weighted by Crippen LogP contribution is -2.15. The predicted molar refractivity (Wildman–Crippen MR) is 82.1 cm³/mol. The van der Waals surface area contributed by atoms with E-state index in [1.807, 2.05) is 55.4 Å². The molecular weight excluding hydrogens is 258 g/mol. The van der Waals surface area contributed by atoms with E-state index in [1.165, 1.54) is 0 Å². The van der Waals surface area contributed by atoms with Crippen LogP contribution < -0.4 is 10.2 Å². The van der Waals surface area contributed by atoms with E-state index < -0.39 is 0 Å². The van der Waals surface area contributed by atoms with Crippen LogP contribution in [0.4, 0.5) is 11.4 Å². The van der Waals surface area contributed by atoms with Crippen molar-refractivity contribution in [3.8, 4) is 0 Å². The molecule has 1 N–H and O–H groups in total. The Morgan fingerprint density at radius 2 is 1.95 bits per heavy atom. The van der Waals surface area contributed by atoms with E-state index in [-0.39, 0.29) is 6.04 Å². The van der Waals surface area contributed by atoms with E-state index in [0.29, 0.717) is 0 Å². The zero-order chi connectivity index (χ0) is 13.8. The number of benzene rings is 1. The summed E-state index contributed by atoms with van der Waals surface area (Å²) >= 11 is 6.26. The normalized spacial score (nSPS) is 12.0. The molecule has 0 aliphatic carbocycles. The first-order valence-electron chi connectivity index (χ1n) is 6.23. The largest absolute Gasteiger partial charge is 0.375 e. The van der Waals surface area contributed by atoms with Gasteiger partial charge in [0.15, 0.2) is 0 Å². The van der Waals surface area contributed by atoms with E-state index in [4.69, 9.17) is 11.6 Å². The second kappa shape index (κ2) is 5.93. The number of pyridine rings is 1. The molecule has 1 atom stereocenters. The minimum Gasteiger partial charge on any atom is -0.375 e. The first kappa shape index (κ1) is 13.7. The Bertz CT molecular complexity index is 540. The number of hydrogen-bond donors (Lipinski definition) is 1. The van der Waals surface area contributed by atoms with E-state index >= 15 is 0 Å². The molecule has 2 aromatic rings. The standard InChI is InChI=1S/C15H18ClN3/c1-11(13-8-4-5-10-17-13)18-14-9-6-7-12(16)15(14)19(2)3/h4-11,18H,1-3H3. The third-order valence-corrected chi connectivity index (χ3v) is 3.24. The molecule has 4 heteroatoms.